The van der Waals surface area contributed by atoms with Crippen LogP contribution >= 0.6 is 0 Å². The number of anilines is 2. The number of ether oxygens (including phenoxy) is 1. The van der Waals surface area contributed by atoms with Gasteiger partial charge in [0, 0.05) is 18.3 Å². The maximum Gasteiger partial charge on any atom is 0.340 e. The van der Waals surface area contributed by atoms with Gasteiger partial charge in [-0.3, -0.25) is 0 Å². The molecular formula is C17H28N2O2. The number of nitrogens with two attached hydrogens (primary N) is 1. The number of methoxy groups -OCH3 is 1. The number of nitrogens with zero attached hydrogens (tertiary/aromatic N) is 1. The molecule has 0 saturated carbocycles. The van der Waals surface area contributed by atoms with Crippen molar-refractivity contribution < 1.29 is 9.53 Å². The summed E-state index contributed by atoms with van der Waals surface area (Å²) in [6, 6.07) is 5.89. The van der Waals surface area contributed by atoms with E-state index in [9.17, 15) is 4.79 Å². The van der Waals surface area contributed by atoms with E-state index >= 15 is 0 Å². The van der Waals surface area contributed by atoms with Crippen LogP contribution in [0.1, 0.15) is 50.9 Å². The quantitative estimate of drug-likeness (QED) is 0.615. The summed E-state index contributed by atoms with van der Waals surface area (Å²) in [6.45, 7) is 9.63. The van der Waals surface area contributed by atoms with Crippen LogP contribution in [0.2, 0.25) is 0 Å². The van der Waals surface area contributed by atoms with Crippen molar-refractivity contribution in [3.8, 4) is 0 Å². The lowest BCUT2D eigenvalue weighted by Gasteiger charge is -2.35. The van der Waals surface area contributed by atoms with Crippen LogP contribution in [0.15, 0.2) is 18.2 Å². The molecule has 0 bridgehead atoms. The molecule has 0 amide bonds. The summed E-state index contributed by atoms with van der Waals surface area (Å²) in [7, 11) is 1.40. The normalized spacial score (nSPS) is 11.0. The molecule has 0 aliphatic heterocycles. The van der Waals surface area contributed by atoms with Crippen LogP contribution in [-0.2, 0) is 4.74 Å². The highest BCUT2D eigenvalue weighted by atomic mass is 16.5. The number of carbonyl (C=O) groups is 1. The molecule has 4 heteroatoms. The minimum Gasteiger partial charge on any atom is -0.465 e. The third-order valence-electron chi connectivity index (χ3n) is 3.68. The van der Waals surface area contributed by atoms with E-state index in [0.717, 1.165) is 25.1 Å². The van der Waals surface area contributed by atoms with Gasteiger partial charge in [0.25, 0.3) is 0 Å². The summed E-state index contributed by atoms with van der Waals surface area (Å²) in [5.41, 5.74) is 7.87. The SMILES string of the molecule is CCC(CC)N(CC(C)C)c1ccc(N)cc1C(=O)OC. The molecule has 21 heavy (non-hydrogen) atoms. The van der Waals surface area contributed by atoms with Crippen LogP contribution in [0.4, 0.5) is 11.4 Å². The third-order valence-corrected chi connectivity index (χ3v) is 3.68. The topological polar surface area (TPSA) is 55.6 Å². The van der Waals surface area contributed by atoms with Crippen LogP contribution in [-0.4, -0.2) is 25.7 Å². The minimum absolute atomic E-state index is 0.336. The molecule has 0 heterocycles. The van der Waals surface area contributed by atoms with E-state index in [0.29, 0.717) is 23.2 Å². The summed E-state index contributed by atoms with van der Waals surface area (Å²) < 4.78 is 4.91. The van der Waals surface area contributed by atoms with Gasteiger partial charge in [0.1, 0.15) is 0 Å². The molecule has 0 spiro atoms. The van der Waals surface area contributed by atoms with Crippen molar-refractivity contribution in [2.75, 3.05) is 24.3 Å². The Hall–Kier alpha value is -1.71. The predicted octanol–water partition coefficient (Wildman–Crippen LogP) is 3.71. The molecular weight excluding hydrogens is 264 g/mol. The Bertz CT molecular complexity index is 468. The number of esters is 1. The maximum absolute atomic E-state index is 12.1. The average Bonchev–Trinajstić information content (AvgIpc) is 2.46. The molecule has 0 atom stereocenters. The Morgan fingerprint density at radius 2 is 1.90 bits per heavy atom. The molecule has 0 aliphatic carbocycles. The highest BCUT2D eigenvalue weighted by Crippen LogP contribution is 2.28. The maximum atomic E-state index is 12.1. The minimum atomic E-state index is -0.336. The van der Waals surface area contributed by atoms with Crippen LogP contribution < -0.4 is 10.6 Å². The van der Waals surface area contributed by atoms with Crippen molar-refractivity contribution in [3.63, 3.8) is 0 Å². The van der Waals surface area contributed by atoms with E-state index in [2.05, 4.69) is 32.6 Å². The molecule has 118 valence electrons. The molecule has 1 rings (SSSR count). The molecule has 1 aromatic rings. The van der Waals surface area contributed by atoms with E-state index in [-0.39, 0.29) is 5.97 Å². The molecule has 0 fully saturated rings. The fourth-order valence-electron chi connectivity index (χ4n) is 2.64. The first-order valence-corrected chi connectivity index (χ1v) is 7.68. The number of benzene rings is 1. The smallest absolute Gasteiger partial charge is 0.340 e. The number of hydrogen-bond donors (Lipinski definition) is 1. The molecule has 0 saturated heterocycles. The second kappa shape index (κ2) is 7.91. The van der Waals surface area contributed by atoms with E-state index in [1.165, 1.54) is 7.11 Å². The molecule has 2 N–H and O–H groups in total. The monoisotopic (exact) mass is 292 g/mol. The van der Waals surface area contributed by atoms with Gasteiger partial charge in [-0.2, -0.15) is 0 Å². The van der Waals surface area contributed by atoms with Gasteiger partial charge in [0.15, 0.2) is 0 Å². The molecule has 0 aromatic heterocycles. The number of hydrogen-bond acceptors (Lipinski definition) is 4. The predicted molar refractivity (Wildman–Crippen MR) is 88.7 cm³/mol. The third kappa shape index (κ3) is 4.38. The molecule has 0 radical (unpaired) electrons. The zero-order chi connectivity index (χ0) is 16.0. The first kappa shape index (κ1) is 17.3. The van der Waals surface area contributed by atoms with Crippen LogP contribution in [0.5, 0.6) is 0 Å². The number of nitrogen functional groups attached to an aromatic ring is 1. The van der Waals surface area contributed by atoms with Crippen molar-refractivity contribution in [2.24, 2.45) is 5.92 Å². The molecule has 0 aliphatic rings. The zero-order valence-corrected chi connectivity index (χ0v) is 13.8. The van der Waals surface area contributed by atoms with Crippen LogP contribution in [0.3, 0.4) is 0 Å². The van der Waals surface area contributed by atoms with E-state index in [1.807, 2.05) is 12.1 Å². The van der Waals surface area contributed by atoms with Gasteiger partial charge < -0.3 is 15.4 Å². The zero-order valence-electron chi connectivity index (χ0n) is 13.8. The van der Waals surface area contributed by atoms with Gasteiger partial charge in [-0.1, -0.05) is 27.7 Å². The van der Waals surface area contributed by atoms with E-state index in [1.54, 1.807) is 6.07 Å². The second-order valence-corrected chi connectivity index (χ2v) is 5.78. The lowest BCUT2D eigenvalue weighted by atomic mass is 10.0. The van der Waals surface area contributed by atoms with Gasteiger partial charge in [-0.25, -0.2) is 4.79 Å². The lowest BCUT2D eigenvalue weighted by molar-refractivity contribution is 0.0601. The molecule has 4 nitrogen and oxygen atoms in total. The highest BCUT2D eigenvalue weighted by molar-refractivity contribution is 5.97. The Morgan fingerprint density at radius 3 is 2.38 bits per heavy atom. The van der Waals surface area contributed by atoms with Gasteiger partial charge in [0.05, 0.1) is 18.4 Å². The first-order valence-electron chi connectivity index (χ1n) is 7.68. The largest absolute Gasteiger partial charge is 0.465 e. The lowest BCUT2D eigenvalue weighted by Crippen LogP contribution is -2.38. The van der Waals surface area contributed by atoms with E-state index < -0.39 is 0 Å². The average molecular weight is 292 g/mol. The van der Waals surface area contributed by atoms with Crippen molar-refractivity contribution in [1.82, 2.24) is 0 Å². The fourth-order valence-corrected chi connectivity index (χ4v) is 2.64. The van der Waals surface area contributed by atoms with Gasteiger partial charge in [0.2, 0.25) is 0 Å². The molecule has 1 aromatic carbocycles. The van der Waals surface area contributed by atoms with Crippen LogP contribution in [0, 0.1) is 5.92 Å². The Balaban J connectivity index is 3.32. The van der Waals surface area contributed by atoms with Crippen LogP contribution in [0.25, 0.3) is 0 Å². The summed E-state index contributed by atoms with van der Waals surface area (Å²) in [5.74, 6) is 0.172. The fraction of sp³-hybridized carbons (Fsp3) is 0.588. The highest BCUT2D eigenvalue weighted by Gasteiger charge is 2.23. The Kier molecular flexibility index (Phi) is 6.53. The second-order valence-electron chi connectivity index (χ2n) is 5.78. The van der Waals surface area contributed by atoms with Gasteiger partial charge >= 0.3 is 5.97 Å². The van der Waals surface area contributed by atoms with Crippen molar-refractivity contribution in [2.45, 2.75) is 46.6 Å². The Labute approximate surface area is 128 Å². The summed E-state index contributed by atoms with van der Waals surface area (Å²) in [6.07, 6.45) is 2.07. The van der Waals surface area contributed by atoms with E-state index in [4.69, 9.17) is 10.5 Å². The van der Waals surface area contributed by atoms with Crippen molar-refractivity contribution in [3.05, 3.63) is 23.8 Å². The van der Waals surface area contributed by atoms with Crippen molar-refractivity contribution in [1.29, 1.82) is 0 Å². The summed E-state index contributed by atoms with van der Waals surface area (Å²) in [5, 5.41) is 0. The number of carbonyl (C=O) groups excluding carboxylic acids is 1. The Morgan fingerprint density at radius 1 is 1.29 bits per heavy atom. The van der Waals surface area contributed by atoms with Gasteiger partial charge in [-0.05, 0) is 37.0 Å². The van der Waals surface area contributed by atoms with Gasteiger partial charge in [-0.15, -0.1) is 0 Å². The summed E-state index contributed by atoms with van der Waals surface area (Å²) in [4.78, 5) is 14.4. The van der Waals surface area contributed by atoms with Crippen molar-refractivity contribution >= 4 is 17.3 Å². The summed E-state index contributed by atoms with van der Waals surface area (Å²) >= 11 is 0. The first-order chi connectivity index (χ1) is 9.94. The standard InChI is InChI=1S/C17H28N2O2/c1-6-14(7-2)19(11-12(3)4)16-9-8-13(18)10-15(16)17(20)21-5/h8-10,12,14H,6-7,11,18H2,1-5H3. The number of rotatable bonds is 7. The molecule has 0 unspecified atom stereocenters.